The van der Waals surface area contributed by atoms with E-state index in [2.05, 4.69) is 27.1 Å². The number of anilines is 1. The topological polar surface area (TPSA) is 58.5 Å². The van der Waals surface area contributed by atoms with Crippen molar-refractivity contribution >= 4 is 73.6 Å². The smallest absolute Gasteiger partial charge is 0.261 e. The van der Waals surface area contributed by atoms with Crippen LogP contribution < -0.4 is 4.72 Å². The number of aliphatic imine (C=N–C) groups is 1. The Bertz CT molecular complexity index is 838. The molecule has 0 aliphatic rings. The Labute approximate surface area is 147 Å². The van der Waals surface area contributed by atoms with E-state index in [1.807, 2.05) is 0 Å². The van der Waals surface area contributed by atoms with Gasteiger partial charge in [-0.25, -0.2) is 8.42 Å². The van der Waals surface area contributed by atoms with E-state index in [9.17, 15) is 8.42 Å². The zero-order valence-electron chi connectivity index (χ0n) is 10.7. The molecule has 9 heteroatoms. The summed E-state index contributed by atoms with van der Waals surface area (Å²) in [6.45, 7) is 0. The van der Waals surface area contributed by atoms with Crippen LogP contribution in [-0.4, -0.2) is 13.6 Å². The summed E-state index contributed by atoms with van der Waals surface area (Å²) in [6.07, 6.45) is 0. The molecular weight excluding hydrogens is 387 g/mol. The van der Waals surface area contributed by atoms with Gasteiger partial charge in [0.25, 0.3) is 10.0 Å². The molecule has 0 aromatic heterocycles. The minimum atomic E-state index is -3.79. The van der Waals surface area contributed by atoms with Crippen LogP contribution in [0.3, 0.4) is 0 Å². The molecule has 114 valence electrons. The first-order valence-corrected chi connectivity index (χ1v) is 8.71. The van der Waals surface area contributed by atoms with Gasteiger partial charge in [-0.05, 0) is 48.6 Å². The van der Waals surface area contributed by atoms with Gasteiger partial charge in [0.05, 0.1) is 36.5 Å². The molecule has 2 aromatic rings. The van der Waals surface area contributed by atoms with E-state index in [0.29, 0.717) is 5.69 Å². The summed E-state index contributed by atoms with van der Waals surface area (Å²) in [7, 11) is -3.79. The van der Waals surface area contributed by atoms with Crippen molar-refractivity contribution in [3.8, 4) is 0 Å². The van der Waals surface area contributed by atoms with Crippen LogP contribution in [-0.2, 0) is 10.0 Å². The Morgan fingerprint density at radius 1 is 1.05 bits per heavy atom. The molecule has 2 aromatic carbocycles. The number of rotatable bonds is 4. The van der Waals surface area contributed by atoms with Crippen molar-refractivity contribution < 1.29 is 8.42 Å². The number of isothiocyanates is 1. The normalized spacial score (nSPS) is 10.9. The second kappa shape index (κ2) is 6.96. The molecule has 2 rings (SSSR count). The lowest BCUT2D eigenvalue weighted by atomic mass is 10.3. The SMILES string of the molecule is O=S(=O)(Nc1cc(Cl)c(Cl)c(Cl)c1)c1ccc(N=C=S)cc1. The number of thiocarbonyl (C=S) groups is 1. The maximum absolute atomic E-state index is 12.3. The van der Waals surface area contributed by atoms with Crippen LogP contribution in [0.1, 0.15) is 0 Å². The second-order valence-electron chi connectivity index (χ2n) is 4.06. The van der Waals surface area contributed by atoms with Crippen LogP contribution in [0.4, 0.5) is 11.4 Å². The highest BCUT2D eigenvalue weighted by Crippen LogP contribution is 2.33. The third kappa shape index (κ3) is 3.98. The fourth-order valence-corrected chi connectivity index (χ4v) is 3.32. The van der Waals surface area contributed by atoms with Crippen molar-refractivity contribution in [1.29, 1.82) is 0 Å². The summed E-state index contributed by atoms with van der Waals surface area (Å²) in [5.74, 6) is 0. The van der Waals surface area contributed by atoms with Crippen molar-refractivity contribution in [1.82, 2.24) is 0 Å². The van der Waals surface area contributed by atoms with Crippen molar-refractivity contribution in [3.63, 3.8) is 0 Å². The van der Waals surface area contributed by atoms with E-state index in [1.165, 1.54) is 36.4 Å². The van der Waals surface area contributed by atoms with E-state index >= 15 is 0 Å². The fraction of sp³-hybridized carbons (Fsp3) is 0. The second-order valence-corrected chi connectivity index (χ2v) is 7.11. The van der Waals surface area contributed by atoms with E-state index in [-0.39, 0.29) is 25.7 Å². The molecule has 4 nitrogen and oxygen atoms in total. The zero-order valence-corrected chi connectivity index (χ0v) is 14.6. The maximum Gasteiger partial charge on any atom is 0.261 e. The minimum Gasteiger partial charge on any atom is -0.280 e. The number of hydrogen-bond donors (Lipinski definition) is 1. The Kier molecular flexibility index (Phi) is 5.45. The Morgan fingerprint density at radius 2 is 1.59 bits per heavy atom. The highest BCUT2D eigenvalue weighted by atomic mass is 35.5. The molecule has 0 heterocycles. The Balaban J connectivity index is 2.33. The van der Waals surface area contributed by atoms with Gasteiger partial charge in [-0.1, -0.05) is 34.8 Å². The minimum absolute atomic E-state index is 0.0537. The molecule has 0 spiro atoms. The zero-order chi connectivity index (χ0) is 16.3. The van der Waals surface area contributed by atoms with Crippen molar-refractivity contribution in [3.05, 3.63) is 51.5 Å². The predicted octanol–water partition coefficient (Wildman–Crippen LogP) is 5.18. The van der Waals surface area contributed by atoms with Gasteiger partial charge in [-0.15, -0.1) is 0 Å². The van der Waals surface area contributed by atoms with Crippen LogP contribution in [0, 0.1) is 0 Å². The van der Waals surface area contributed by atoms with E-state index in [1.54, 1.807) is 0 Å². The van der Waals surface area contributed by atoms with Crippen LogP contribution in [0.2, 0.25) is 15.1 Å². The Morgan fingerprint density at radius 3 is 2.09 bits per heavy atom. The number of nitrogens with zero attached hydrogens (tertiary/aromatic N) is 1. The summed E-state index contributed by atoms with van der Waals surface area (Å²) in [5, 5.41) is 2.66. The van der Waals surface area contributed by atoms with Crippen molar-refractivity contribution in [2.75, 3.05) is 4.72 Å². The van der Waals surface area contributed by atoms with Gasteiger partial charge in [-0.3, -0.25) is 4.72 Å². The third-order valence-electron chi connectivity index (χ3n) is 2.56. The number of halogens is 3. The number of nitrogens with one attached hydrogen (secondary N) is 1. The standard InChI is InChI=1S/C13H7Cl3N2O2S2/c14-11-5-9(6-12(15)13(11)16)18-22(19,20)10-3-1-8(2-4-10)17-7-21/h1-6,18H. The molecule has 0 amide bonds. The van der Waals surface area contributed by atoms with Gasteiger partial charge < -0.3 is 0 Å². The van der Waals surface area contributed by atoms with Gasteiger partial charge >= 0.3 is 0 Å². The molecule has 22 heavy (non-hydrogen) atoms. The lowest BCUT2D eigenvalue weighted by Gasteiger charge is -2.10. The molecule has 0 atom stereocenters. The summed E-state index contributed by atoms with van der Waals surface area (Å²) in [5.41, 5.74) is 0.715. The summed E-state index contributed by atoms with van der Waals surface area (Å²) >= 11 is 22.0. The molecule has 0 fully saturated rings. The van der Waals surface area contributed by atoms with Gasteiger partial charge in [0.1, 0.15) is 0 Å². The van der Waals surface area contributed by atoms with E-state index in [0.717, 1.165) is 0 Å². The largest absolute Gasteiger partial charge is 0.280 e. The molecule has 0 aliphatic carbocycles. The van der Waals surface area contributed by atoms with Crippen molar-refractivity contribution in [2.45, 2.75) is 4.90 Å². The van der Waals surface area contributed by atoms with Crippen LogP contribution in [0.15, 0.2) is 46.3 Å². The number of sulfonamides is 1. The Hall–Kier alpha value is -1.14. The fourth-order valence-electron chi connectivity index (χ4n) is 1.58. The lowest BCUT2D eigenvalue weighted by Crippen LogP contribution is -2.12. The monoisotopic (exact) mass is 392 g/mol. The van der Waals surface area contributed by atoms with E-state index in [4.69, 9.17) is 34.8 Å². The maximum atomic E-state index is 12.3. The molecule has 0 bridgehead atoms. The van der Waals surface area contributed by atoms with Gasteiger partial charge in [-0.2, -0.15) is 4.99 Å². The quantitative estimate of drug-likeness (QED) is 0.442. The van der Waals surface area contributed by atoms with Gasteiger partial charge in [0, 0.05) is 0 Å². The lowest BCUT2D eigenvalue weighted by molar-refractivity contribution is 0.601. The highest BCUT2D eigenvalue weighted by molar-refractivity contribution is 7.92. The number of benzene rings is 2. The summed E-state index contributed by atoms with van der Waals surface area (Å²) in [6, 6.07) is 8.56. The summed E-state index contributed by atoms with van der Waals surface area (Å²) in [4.78, 5) is 3.80. The first-order chi connectivity index (χ1) is 10.3. The van der Waals surface area contributed by atoms with Crippen LogP contribution in [0.25, 0.3) is 0 Å². The van der Waals surface area contributed by atoms with Gasteiger partial charge in [0.15, 0.2) is 0 Å². The average Bonchev–Trinajstić information content (AvgIpc) is 2.45. The predicted molar refractivity (Wildman–Crippen MR) is 93.4 cm³/mol. The average molecular weight is 394 g/mol. The molecule has 0 saturated carbocycles. The highest BCUT2D eigenvalue weighted by Gasteiger charge is 2.16. The van der Waals surface area contributed by atoms with Crippen LogP contribution >= 0.6 is 47.0 Å². The molecule has 0 radical (unpaired) electrons. The molecule has 0 saturated heterocycles. The molecule has 1 N–H and O–H groups in total. The van der Waals surface area contributed by atoms with E-state index < -0.39 is 10.0 Å². The number of hydrogen-bond acceptors (Lipinski definition) is 4. The molecule has 0 aliphatic heterocycles. The third-order valence-corrected chi connectivity index (χ3v) is 5.24. The van der Waals surface area contributed by atoms with Crippen molar-refractivity contribution in [2.24, 2.45) is 4.99 Å². The molecule has 0 unspecified atom stereocenters. The first kappa shape index (κ1) is 17.2. The van der Waals surface area contributed by atoms with Crippen LogP contribution in [0.5, 0.6) is 0 Å². The first-order valence-electron chi connectivity index (χ1n) is 5.69. The van der Waals surface area contributed by atoms with Gasteiger partial charge in [0.2, 0.25) is 0 Å². The molecular formula is C13H7Cl3N2O2S2. The summed E-state index contributed by atoms with van der Waals surface area (Å²) < 4.78 is 26.9.